The number of aromatic nitrogens is 2. The third kappa shape index (κ3) is 6.19. The van der Waals surface area contributed by atoms with Gasteiger partial charge in [-0.3, -0.25) is 4.79 Å². The minimum atomic E-state index is -4.54. The van der Waals surface area contributed by atoms with E-state index in [0.29, 0.717) is 23.7 Å². The highest BCUT2D eigenvalue weighted by molar-refractivity contribution is 5.91. The number of nitrogens with zero attached hydrogens (tertiary/aromatic N) is 6. The van der Waals surface area contributed by atoms with E-state index in [1.807, 2.05) is 11.9 Å². The molecule has 4 heterocycles. The standard InChI is InChI=1S/C29H32F4N6O3/c1-18(30)27(40)39-12-11-38(15-20(39)14-34-2)26-22-17-41-25(21-8-4-5-9-23(21)29(31,32)33)13-24(22)35-28(36-26)42-16-19-7-6-10-37(19)3/h4-5,8-9,19-20,25H,1,6-7,10-17H2,3H3/t19-,20+,25+/m1/s1. The van der Waals surface area contributed by atoms with Crippen LogP contribution in [0.2, 0.25) is 0 Å². The van der Waals surface area contributed by atoms with Crippen LogP contribution in [0.1, 0.15) is 41.3 Å². The summed E-state index contributed by atoms with van der Waals surface area (Å²) in [6.45, 7) is 12.3. The molecule has 0 saturated carbocycles. The molecule has 0 spiro atoms. The first-order chi connectivity index (χ1) is 20.1. The van der Waals surface area contributed by atoms with Crippen molar-refractivity contribution in [3.63, 3.8) is 0 Å². The molecule has 1 aromatic heterocycles. The predicted octanol–water partition coefficient (Wildman–Crippen LogP) is 4.20. The second-order valence-corrected chi connectivity index (χ2v) is 10.8. The van der Waals surface area contributed by atoms with Gasteiger partial charge in [-0.2, -0.15) is 23.1 Å². The molecule has 224 valence electrons. The fraction of sp³-hybridized carbons (Fsp3) is 0.517. The molecule has 3 aliphatic heterocycles. The van der Waals surface area contributed by atoms with Crippen LogP contribution >= 0.6 is 0 Å². The molecular weight excluding hydrogens is 556 g/mol. The summed E-state index contributed by atoms with van der Waals surface area (Å²) < 4.78 is 67.1. The Morgan fingerprint density at radius 3 is 2.69 bits per heavy atom. The van der Waals surface area contributed by atoms with Gasteiger partial charge in [0.2, 0.25) is 6.54 Å². The number of amides is 1. The molecule has 5 rings (SSSR count). The van der Waals surface area contributed by atoms with Crippen molar-refractivity contribution in [1.82, 2.24) is 19.8 Å². The van der Waals surface area contributed by atoms with E-state index in [-0.39, 0.29) is 56.8 Å². The normalized spacial score (nSPS) is 22.9. The first kappa shape index (κ1) is 29.7. The molecule has 3 atom stereocenters. The van der Waals surface area contributed by atoms with Gasteiger partial charge in [0.25, 0.3) is 5.91 Å². The molecular formula is C29H32F4N6O3. The van der Waals surface area contributed by atoms with E-state index in [9.17, 15) is 22.4 Å². The number of fused-ring (bicyclic) bond motifs is 1. The van der Waals surface area contributed by atoms with Crippen molar-refractivity contribution < 1.29 is 31.8 Å². The summed E-state index contributed by atoms with van der Waals surface area (Å²) >= 11 is 0. The van der Waals surface area contributed by atoms with Gasteiger partial charge in [0, 0.05) is 37.7 Å². The zero-order valence-electron chi connectivity index (χ0n) is 23.2. The average Bonchev–Trinajstić information content (AvgIpc) is 3.39. The number of halogens is 4. The number of anilines is 1. The SMILES string of the molecule is [C-]#[N+]C[C@H]1CN(c2nc(OC[C@H]3CCCN3C)nc3c2CO[C@H](c2ccccc2C(F)(F)F)C3)CCN1C(=O)C(=C)F. The number of likely N-dealkylation sites (N-methyl/N-ethyl adjacent to an activating group) is 1. The maximum absolute atomic E-state index is 13.8. The Bertz CT molecular complexity index is 1380. The number of hydrogen-bond donors (Lipinski definition) is 0. The fourth-order valence-electron chi connectivity index (χ4n) is 5.89. The minimum absolute atomic E-state index is 0.0292. The maximum Gasteiger partial charge on any atom is 0.416 e. The van der Waals surface area contributed by atoms with Crippen LogP contribution in [0.3, 0.4) is 0 Å². The molecule has 0 bridgehead atoms. The van der Waals surface area contributed by atoms with E-state index in [0.717, 1.165) is 25.5 Å². The second kappa shape index (κ2) is 12.2. The lowest BCUT2D eigenvalue weighted by molar-refractivity contribution is -0.139. The van der Waals surface area contributed by atoms with Crippen LogP contribution in [0.15, 0.2) is 36.7 Å². The zero-order valence-corrected chi connectivity index (χ0v) is 23.2. The maximum atomic E-state index is 13.8. The molecule has 2 fully saturated rings. The number of benzene rings is 1. The third-order valence-electron chi connectivity index (χ3n) is 8.12. The Labute approximate surface area is 241 Å². The number of ether oxygens (including phenoxy) is 2. The van der Waals surface area contributed by atoms with Crippen LogP contribution in [-0.4, -0.2) is 84.1 Å². The van der Waals surface area contributed by atoms with Crippen molar-refractivity contribution in [3.8, 4) is 6.01 Å². The Balaban J connectivity index is 1.47. The largest absolute Gasteiger partial charge is 0.462 e. The number of carbonyl (C=O) groups is 1. The summed E-state index contributed by atoms with van der Waals surface area (Å²) in [6.07, 6.45) is -3.34. The lowest BCUT2D eigenvalue weighted by atomic mass is 9.95. The Morgan fingerprint density at radius 2 is 2.00 bits per heavy atom. The van der Waals surface area contributed by atoms with E-state index in [2.05, 4.69) is 21.3 Å². The monoisotopic (exact) mass is 588 g/mol. The van der Waals surface area contributed by atoms with Gasteiger partial charge in [-0.1, -0.05) is 24.8 Å². The van der Waals surface area contributed by atoms with Gasteiger partial charge in [0.05, 0.1) is 24.0 Å². The second-order valence-electron chi connectivity index (χ2n) is 10.8. The molecule has 9 nitrogen and oxygen atoms in total. The fourth-order valence-corrected chi connectivity index (χ4v) is 5.89. The molecule has 1 aromatic carbocycles. The first-order valence-electron chi connectivity index (χ1n) is 13.8. The summed E-state index contributed by atoms with van der Waals surface area (Å²) in [4.78, 5) is 30.5. The number of piperazine rings is 1. The van der Waals surface area contributed by atoms with E-state index in [1.165, 1.54) is 17.0 Å². The van der Waals surface area contributed by atoms with Gasteiger partial charge >= 0.3 is 12.2 Å². The van der Waals surface area contributed by atoms with E-state index >= 15 is 0 Å². The number of alkyl halides is 3. The van der Waals surface area contributed by atoms with Crippen LogP contribution in [0, 0.1) is 6.57 Å². The molecule has 1 amide bonds. The molecule has 0 N–H and O–H groups in total. The van der Waals surface area contributed by atoms with Gasteiger partial charge in [-0.25, -0.2) is 11.0 Å². The van der Waals surface area contributed by atoms with Gasteiger partial charge in [0.1, 0.15) is 18.5 Å². The van der Waals surface area contributed by atoms with Crippen molar-refractivity contribution in [2.24, 2.45) is 0 Å². The molecule has 2 saturated heterocycles. The zero-order chi connectivity index (χ0) is 30.0. The van der Waals surface area contributed by atoms with E-state index in [4.69, 9.17) is 21.0 Å². The molecule has 13 heteroatoms. The van der Waals surface area contributed by atoms with Crippen LogP contribution in [-0.2, 0) is 28.7 Å². The Hall–Kier alpha value is -3.76. The van der Waals surface area contributed by atoms with Crippen LogP contribution in [0.5, 0.6) is 6.01 Å². The van der Waals surface area contributed by atoms with Crippen molar-refractivity contribution in [3.05, 3.63) is 70.5 Å². The minimum Gasteiger partial charge on any atom is -0.462 e. The third-order valence-corrected chi connectivity index (χ3v) is 8.12. The summed E-state index contributed by atoms with van der Waals surface area (Å²) in [7, 11) is 2.02. The van der Waals surface area contributed by atoms with Gasteiger partial charge < -0.3 is 29.0 Å². The highest BCUT2D eigenvalue weighted by Crippen LogP contribution is 2.40. The van der Waals surface area contributed by atoms with Gasteiger partial charge in [-0.05, 0) is 38.1 Å². The predicted molar refractivity (Wildman–Crippen MR) is 145 cm³/mol. The van der Waals surface area contributed by atoms with Crippen molar-refractivity contribution in [1.29, 1.82) is 0 Å². The van der Waals surface area contributed by atoms with Gasteiger partial charge in [0.15, 0.2) is 5.83 Å². The molecule has 2 aromatic rings. The Kier molecular flexibility index (Phi) is 8.65. The summed E-state index contributed by atoms with van der Waals surface area (Å²) in [6, 6.07) is 5.02. The highest BCUT2D eigenvalue weighted by Gasteiger charge is 2.39. The van der Waals surface area contributed by atoms with Crippen LogP contribution < -0.4 is 9.64 Å². The average molecular weight is 589 g/mol. The van der Waals surface area contributed by atoms with E-state index in [1.54, 1.807) is 6.07 Å². The van der Waals surface area contributed by atoms with Crippen molar-refractivity contribution >= 4 is 11.7 Å². The summed E-state index contributed by atoms with van der Waals surface area (Å²) in [5, 5.41) is 0. The number of likely N-dealkylation sites (tertiary alicyclic amines) is 1. The quantitative estimate of drug-likeness (QED) is 0.273. The number of rotatable bonds is 7. The summed E-state index contributed by atoms with van der Waals surface area (Å²) in [5.41, 5.74) is 0.393. The summed E-state index contributed by atoms with van der Waals surface area (Å²) in [5.74, 6) is -1.48. The van der Waals surface area contributed by atoms with Crippen LogP contribution in [0.25, 0.3) is 4.85 Å². The molecule has 0 unspecified atom stereocenters. The highest BCUT2D eigenvalue weighted by atomic mass is 19.4. The van der Waals surface area contributed by atoms with Crippen molar-refractivity contribution in [2.75, 3.05) is 51.3 Å². The first-order valence-corrected chi connectivity index (χ1v) is 13.8. The lowest BCUT2D eigenvalue weighted by Crippen LogP contribution is -2.57. The molecule has 3 aliphatic rings. The smallest absolute Gasteiger partial charge is 0.416 e. The number of hydrogen-bond acceptors (Lipinski definition) is 7. The van der Waals surface area contributed by atoms with E-state index < -0.39 is 35.6 Å². The topological polar surface area (TPSA) is 75.4 Å². The molecule has 0 aliphatic carbocycles. The molecule has 0 radical (unpaired) electrons. The van der Waals surface area contributed by atoms with Crippen molar-refractivity contribution in [2.45, 2.75) is 50.2 Å². The van der Waals surface area contributed by atoms with Crippen LogP contribution in [0.4, 0.5) is 23.4 Å². The van der Waals surface area contributed by atoms with Gasteiger partial charge in [-0.15, -0.1) is 0 Å². The lowest BCUT2D eigenvalue weighted by Gasteiger charge is -2.40. The number of carbonyl (C=O) groups excluding carboxylic acids is 1. The molecule has 42 heavy (non-hydrogen) atoms. The Morgan fingerprint density at radius 1 is 1.21 bits per heavy atom.